The largest absolute Gasteiger partial charge is 0.423 e. The van der Waals surface area contributed by atoms with Crippen molar-refractivity contribution in [3.8, 4) is 11.5 Å². The molecule has 1 aromatic carbocycles. The molecule has 1 unspecified atom stereocenters. The highest BCUT2D eigenvalue weighted by molar-refractivity contribution is 5.80. The molecule has 0 heterocycles. The van der Waals surface area contributed by atoms with Crippen LogP contribution in [0, 0.1) is 0 Å². The third-order valence-corrected chi connectivity index (χ3v) is 2.34. The summed E-state index contributed by atoms with van der Waals surface area (Å²) in [7, 11) is 0. The summed E-state index contributed by atoms with van der Waals surface area (Å²) in [4.78, 5) is 32.9. The van der Waals surface area contributed by atoms with Crippen LogP contribution >= 0.6 is 0 Å². The van der Waals surface area contributed by atoms with E-state index in [1.54, 1.807) is 6.07 Å². The van der Waals surface area contributed by atoms with E-state index in [2.05, 4.69) is 0 Å². The summed E-state index contributed by atoms with van der Waals surface area (Å²) in [5, 5.41) is 0. The molecule has 7 heteroatoms. The monoisotopic (exact) mass is 280 g/mol. The zero-order valence-electron chi connectivity index (χ0n) is 11.2. The van der Waals surface area contributed by atoms with Gasteiger partial charge in [0, 0.05) is 13.8 Å². The van der Waals surface area contributed by atoms with Gasteiger partial charge >= 0.3 is 11.9 Å². The van der Waals surface area contributed by atoms with Crippen molar-refractivity contribution in [2.75, 3.05) is 0 Å². The summed E-state index contributed by atoms with van der Waals surface area (Å²) in [6.07, 6.45) is 0.184. The second-order valence-electron chi connectivity index (χ2n) is 4.18. The van der Waals surface area contributed by atoms with Crippen LogP contribution in [-0.4, -0.2) is 23.9 Å². The molecule has 108 valence electrons. The lowest BCUT2D eigenvalue weighted by atomic mass is 10.1. The first-order chi connectivity index (χ1) is 9.29. The van der Waals surface area contributed by atoms with E-state index in [1.165, 1.54) is 26.0 Å². The Bertz CT molecular complexity index is 542. The lowest BCUT2D eigenvalue weighted by Crippen LogP contribution is -2.38. The average Bonchev–Trinajstić information content (AvgIpc) is 2.31. The number of nitrogens with two attached hydrogens (primary N) is 2. The fourth-order valence-electron chi connectivity index (χ4n) is 1.51. The Hall–Kier alpha value is -2.41. The van der Waals surface area contributed by atoms with Crippen molar-refractivity contribution in [3.63, 3.8) is 0 Å². The Morgan fingerprint density at radius 2 is 1.65 bits per heavy atom. The molecule has 0 aliphatic rings. The predicted molar refractivity (Wildman–Crippen MR) is 69.9 cm³/mol. The van der Waals surface area contributed by atoms with E-state index in [0.717, 1.165) is 0 Å². The number of primary amides is 1. The minimum Gasteiger partial charge on any atom is -0.423 e. The quantitative estimate of drug-likeness (QED) is 0.573. The molecule has 0 spiro atoms. The second kappa shape index (κ2) is 6.67. The minimum atomic E-state index is -0.847. The number of esters is 2. The highest BCUT2D eigenvalue weighted by atomic mass is 16.6. The number of hydrogen-bond donors (Lipinski definition) is 2. The van der Waals surface area contributed by atoms with Crippen molar-refractivity contribution in [2.24, 2.45) is 11.5 Å². The van der Waals surface area contributed by atoms with E-state index >= 15 is 0 Å². The Labute approximate surface area is 115 Å². The molecular weight excluding hydrogens is 264 g/mol. The number of ether oxygens (including phenoxy) is 2. The molecule has 0 aromatic heterocycles. The molecule has 1 amide bonds. The summed E-state index contributed by atoms with van der Waals surface area (Å²) >= 11 is 0. The molecule has 0 bridgehead atoms. The van der Waals surface area contributed by atoms with Crippen molar-refractivity contribution >= 4 is 17.8 Å². The van der Waals surface area contributed by atoms with Crippen LogP contribution in [0.5, 0.6) is 11.5 Å². The molecule has 7 nitrogen and oxygen atoms in total. The number of carbonyl (C=O) groups excluding carboxylic acids is 3. The first kappa shape index (κ1) is 15.6. The summed E-state index contributed by atoms with van der Waals surface area (Å²) in [5.41, 5.74) is 11.3. The van der Waals surface area contributed by atoms with Crippen LogP contribution in [0.25, 0.3) is 0 Å². The molecule has 1 aromatic rings. The molecular formula is C13H16N2O5. The van der Waals surface area contributed by atoms with Crippen LogP contribution in [0.2, 0.25) is 0 Å². The van der Waals surface area contributed by atoms with Crippen LogP contribution < -0.4 is 20.9 Å². The van der Waals surface area contributed by atoms with Gasteiger partial charge in [0.05, 0.1) is 6.04 Å². The third-order valence-electron chi connectivity index (χ3n) is 2.34. The lowest BCUT2D eigenvalue weighted by Gasteiger charge is -2.12. The predicted octanol–water partition coefficient (Wildman–Crippen LogP) is -0.108. The number of amides is 1. The van der Waals surface area contributed by atoms with Gasteiger partial charge in [0.25, 0.3) is 0 Å². The standard InChI is InChI=1S/C13H16N2O5/c1-7(16)19-11-4-3-9(5-10(14)13(15)18)6-12(11)20-8(2)17/h3-4,6,10H,5,14H2,1-2H3,(H2,15,18). The topological polar surface area (TPSA) is 122 Å². The third kappa shape index (κ3) is 4.69. The fourth-order valence-corrected chi connectivity index (χ4v) is 1.51. The molecule has 0 aliphatic carbocycles. The van der Waals surface area contributed by atoms with Crippen molar-refractivity contribution in [2.45, 2.75) is 26.3 Å². The van der Waals surface area contributed by atoms with Gasteiger partial charge in [-0.05, 0) is 24.1 Å². The minimum absolute atomic E-state index is 0.0851. The maximum Gasteiger partial charge on any atom is 0.308 e. The van der Waals surface area contributed by atoms with Crippen molar-refractivity contribution in [1.82, 2.24) is 0 Å². The highest BCUT2D eigenvalue weighted by Crippen LogP contribution is 2.29. The van der Waals surface area contributed by atoms with E-state index in [9.17, 15) is 14.4 Å². The molecule has 0 fully saturated rings. The first-order valence-corrected chi connectivity index (χ1v) is 5.84. The summed E-state index contributed by atoms with van der Waals surface area (Å²) in [6, 6.07) is 3.69. The van der Waals surface area contributed by atoms with Crippen LogP contribution in [0.1, 0.15) is 19.4 Å². The Morgan fingerprint density at radius 1 is 1.10 bits per heavy atom. The molecule has 0 radical (unpaired) electrons. The molecule has 1 rings (SSSR count). The molecule has 4 N–H and O–H groups in total. The summed E-state index contributed by atoms with van der Waals surface area (Å²) in [6.45, 7) is 2.45. The second-order valence-corrected chi connectivity index (χ2v) is 4.18. The van der Waals surface area contributed by atoms with Gasteiger partial charge < -0.3 is 20.9 Å². The number of hydrogen-bond acceptors (Lipinski definition) is 6. The van der Waals surface area contributed by atoms with Gasteiger partial charge in [-0.2, -0.15) is 0 Å². The van der Waals surface area contributed by atoms with E-state index in [1.807, 2.05) is 0 Å². The lowest BCUT2D eigenvalue weighted by molar-refractivity contribution is -0.134. The van der Waals surface area contributed by atoms with Crippen LogP contribution in [-0.2, 0) is 20.8 Å². The maximum atomic E-state index is 11.0. The normalized spacial score (nSPS) is 11.6. The molecule has 0 saturated heterocycles. The van der Waals surface area contributed by atoms with Crippen molar-refractivity contribution in [1.29, 1.82) is 0 Å². The number of benzene rings is 1. The molecule has 1 atom stereocenters. The van der Waals surface area contributed by atoms with E-state index in [4.69, 9.17) is 20.9 Å². The summed E-state index contributed by atoms with van der Waals surface area (Å²) < 4.78 is 9.87. The molecule has 0 aliphatic heterocycles. The van der Waals surface area contributed by atoms with E-state index < -0.39 is 23.9 Å². The van der Waals surface area contributed by atoms with Gasteiger partial charge in [-0.25, -0.2) is 0 Å². The van der Waals surface area contributed by atoms with Crippen LogP contribution in [0.4, 0.5) is 0 Å². The van der Waals surface area contributed by atoms with Gasteiger partial charge in [0.15, 0.2) is 11.5 Å². The van der Waals surface area contributed by atoms with Crippen LogP contribution in [0.15, 0.2) is 18.2 Å². The van der Waals surface area contributed by atoms with Crippen molar-refractivity contribution in [3.05, 3.63) is 23.8 Å². The summed E-state index contributed by atoms with van der Waals surface area (Å²) in [5.74, 6) is -1.54. The van der Waals surface area contributed by atoms with Gasteiger partial charge in [-0.15, -0.1) is 0 Å². The van der Waals surface area contributed by atoms with Gasteiger partial charge in [-0.3, -0.25) is 14.4 Å². The van der Waals surface area contributed by atoms with E-state index in [-0.39, 0.29) is 17.9 Å². The first-order valence-electron chi connectivity index (χ1n) is 5.84. The SMILES string of the molecule is CC(=O)Oc1ccc(CC(N)C(N)=O)cc1OC(C)=O. The van der Waals surface area contributed by atoms with Gasteiger partial charge in [0.1, 0.15) is 0 Å². The van der Waals surface area contributed by atoms with Crippen molar-refractivity contribution < 1.29 is 23.9 Å². The molecule has 20 heavy (non-hydrogen) atoms. The van der Waals surface area contributed by atoms with Gasteiger partial charge in [-0.1, -0.05) is 6.07 Å². The number of rotatable bonds is 5. The smallest absolute Gasteiger partial charge is 0.308 e. The van der Waals surface area contributed by atoms with E-state index in [0.29, 0.717) is 5.56 Å². The van der Waals surface area contributed by atoms with Crippen LogP contribution in [0.3, 0.4) is 0 Å². The fraction of sp³-hybridized carbons (Fsp3) is 0.308. The maximum absolute atomic E-state index is 11.0. The van der Waals surface area contributed by atoms with Gasteiger partial charge in [0.2, 0.25) is 5.91 Å². The number of carbonyl (C=O) groups is 3. The zero-order valence-corrected chi connectivity index (χ0v) is 11.2. The average molecular weight is 280 g/mol. The Kier molecular flexibility index (Phi) is 5.22. The molecule has 0 saturated carbocycles. The Balaban J connectivity index is 3.03. The Morgan fingerprint density at radius 3 is 2.15 bits per heavy atom. The highest BCUT2D eigenvalue weighted by Gasteiger charge is 2.14. The zero-order chi connectivity index (χ0) is 15.3.